The second-order valence-electron chi connectivity index (χ2n) is 5.65. The van der Waals surface area contributed by atoms with E-state index in [1.54, 1.807) is 17.2 Å². The molecule has 1 N–H and O–H groups in total. The summed E-state index contributed by atoms with van der Waals surface area (Å²) in [6.07, 6.45) is 6.91. The maximum absolute atomic E-state index is 12.2. The molecule has 2 aromatic rings. The summed E-state index contributed by atoms with van der Waals surface area (Å²) in [4.78, 5) is 22.4. The zero-order valence-corrected chi connectivity index (χ0v) is 12.6. The van der Waals surface area contributed by atoms with E-state index in [0.29, 0.717) is 18.3 Å². The van der Waals surface area contributed by atoms with E-state index in [1.165, 1.54) is 6.33 Å². The van der Waals surface area contributed by atoms with Crippen molar-refractivity contribution in [2.75, 3.05) is 13.1 Å². The van der Waals surface area contributed by atoms with Crippen molar-refractivity contribution in [3.05, 3.63) is 36.5 Å². The molecule has 0 spiro atoms. The molecule has 3 rings (SSSR count). The number of nitrogens with zero attached hydrogens (tertiary/aromatic N) is 5. The van der Waals surface area contributed by atoms with Gasteiger partial charge < -0.3 is 10.2 Å². The molecule has 0 bridgehead atoms. The van der Waals surface area contributed by atoms with E-state index in [4.69, 9.17) is 0 Å². The number of amides is 2. The quantitative estimate of drug-likeness (QED) is 0.934. The van der Waals surface area contributed by atoms with E-state index in [2.05, 4.69) is 27.3 Å². The van der Waals surface area contributed by atoms with Gasteiger partial charge in [-0.3, -0.25) is 0 Å². The van der Waals surface area contributed by atoms with E-state index < -0.39 is 0 Å². The highest BCUT2D eigenvalue weighted by atomic mass is 16.2. The minimum Gasteiger partial charge on any atom is -0.334 e. The van der Waals surface area contributed by atoms with Gasteiger partial charge in [-0.1, -0.05) is 13.0 Å². The number of pyridine rings is 1. The molecule has 3 heterocycles. The van der Waals surface area contributed by atoms with E-state index in [-0.39, 0.29) is 6.03 Å². The SMILES string of the molecule is CC1CCN(C(=O)NCc2cccnc2-n2cncn2)CC1. The van der Waals surface area contributed by atoms with Gasteiger partial charge in [0, 0.05) is 31.4 Å². The summed E-state index contributed by atoms with van der Waals surface area (Å²) in [5, 5.41) is 7.06. The van der Waals surface area contributed by atoms with Crippen LogP contribution in [0, 0.1) is 5.92 Å². The number of carbonyl (C=O) groups excluding carboxylic acids is 1. The van der Waals surface area contributed by atoms with Gasteiger partial charge in [0.05, 0.1) is 0 Å². The maximum atomic E-state index is 12.2. The molecule has 1 fully saturated rings. The van der Waals surface area contributed by atoms with Crippen LogP contribution in [0.5, 0.6) is 0 Å². The van der Waals surface area contributed by atoms with E-state index in [9.17, 15) is 4.79 Å². The van der Waals surface area contributed by atoms with Crippen LogP contribution in [0.4, 0.5) is 4.79 Å². The fraction of sp³-hybridized carbons (Fsp3) is 0.467. The van der Waals surface area contributed by atoms with Crippen LogP contribution in [-0.4, -0.2) is 43.8 Å². The van der Waals surface area contributed by atoms with Crippen LogP contribution in [0.25, 0.3) is 5.82 Å². The third-order valence-electron chi connectivity index (χ3n) is 4.00. The summed E-state index contributed by atoms with van der Waals surface area (Å²) < 4.78 is 1.60. The number of nitrogens with one attached hydrogen (secondary N) is 1. The number of hydrogen-bond acceptors (Lipinski definition) is 4. The average molecular weight is 300 g/mol. The summed E-state index contributed by atoms with van der Waals surface area (Å²) in [7, 11) is 0. The molecule has 0 radical (unpaired) electrons. The molecule has 0 aromatic carbocycles. The number of piperidine rings is 1. The first-order valence-electron chi connectivity index (χ1n) is 7.55. The van der Waals surface area contributed by atoms with Crippen LogP contribution in [0.2, 0.25) is 0 Å². The standard InChI is InChI=1S/C15H20N6O/c1-12-4-7-20(8-5-12)15(22)18-9-13-3-2-6-17-14(13)21-11-16-10-19-21/h2-3,6,10-12H,4-5,7-9H2,1H3,(H,18,22). The molecule has 0 atom stereocenters. The minimum atomic E-state index is -0.0136. The lowest BCUT2D eigenvalue weighted by atomic mass is 10.00. The first kappa shape index (κ1) is 14.5. The van der Waals surface area contributed by atoms with Gasteiger partial charge in [0.25, 0.3) is 0 Å². The molecule has 1 aliphatic heterocycles. The van der Waals surface area contributed by atoms with Gasteiger partial charge in [0.1, 0.15) is 12.7 Å². The summed E-state index contributed by atoms with van der Waals surface area (Å²) in [6, 6.07) is 3.77. The fourth-order valence-electron chi connectivity index (χ4n) is 2.59. The van der Waals surface area contributed by atoms with Gasteiger partial charge in [0.2, 0.25) is 0 Å². The molecule has 1 saturated heterocycles. The third-order valence-corrected chi connectivity index (χ3v) is 4.00. The van der Waals surface area contributed by atoms with Crippen LogP contribution in [-0.2, 0) is 6.54 Å². The molecule has 22 heavy (non-hydrogen) atoms. The maximum Gasteiger partial charge on any atom is 0.317 e. The first-order chi connectivity index (χ1) is 10.7. The van der Waals surface area contributed by atoms with Crippen LogP contribution in [0.3, 0.4) is 0 Å². The Labute approximate surface area is 129 Å². The monoisotopic (exact) mass is 300 g/mol. The second-order valence-corrected chi connectivity index (χ2v) is 5.65. The number of aromatic nitrogens is 4. The predicted molar refractivity (Wildman–Crippen MR) is 81.4 cm³/mol. The molecule has 7 nitrogen and oxygen atoms in total. The Balaban J connectivity index is 1.63. The Morgan fingerprint density at radius 2 is 2.23 bits per heavy atom. The molecule has 0 saturated carbocycles. The van der Waals surface area contributed by atoms with Crippen molar-refractivity contribution in [1.29, 1.82) is 0 Å². The normalized spacial score (nSPS) is 15.8. The summed E-state index contributed by atoms with van der Waals surface area (Å²) in [6.45, 7) is 4.31. The predicted octanol–water partition coefficient (Wildman–Crippen LogP) is 1.60. The van der Waals surface area contributed by atoms with Crippen LogP contribution in [0.15, 0.2) is 31.0 Å². The molecule has 2 aromatic heterocycles. The van der Waals surface area contributed by atoms with Crippen LogP contribution >= 0.6 is 0 Å². The number of carbonyl (C=O) groups is 1. The van der Waals surface area contributed by atoms with Crippen molar-refractivity contribution in [3.8, 4) is 5.82 Å². The van der Waals surface area contributed by atoms with Crippen molar-refractivity contribution in [2.45, 2.75) is 26.3 Å². The molecule has 116 valence electrons. The summed E-state index contributed by atoms with van der Waals surface area (Å²) in [5.41, 5.74) is 0.909. The second kappa shape index (κ2) is 6.55. The zero-order valence-electron chi connectivity index (χ0n) is 12.6. The van der Waals surface area contributed by atoms with Gasteiger partial charge >= 0.3 is 6.03 Å². The Hall–Kier alpha value is -2.44. The summed E-state index contributed by atoms with van der Waals surface area (Å²) in [5.74, 6) is 1.40. The molecule has 2 amide bonds. The van der Waals surface area contributed by atoms with E-state index >= 15 is 0 Å². The van der Waals surface area contributed by atoms with Crippen molar-refractivity contribution in [2.24, 2.45) is 5.92 Å². The number of rotatable bonds is 3. The van der Waals surface area contributed by atoms with Gasteiger partial charge in [-0.15, -0.1) is 0 Å². The van der Waals surface area contributed by atoms with Crippen LogP contribution < -0.4 is 5.32 Å². The first-order valence-corrected chi connectivity index (χ1v) is 7.55. The van der Waals surface area contributed by atoms with Gasteiger partial charge in [-0.05, 0) is 24.8 Å². The molecular weight excluding hydrogens is 280 g/mol. The zero-order chi connectivity index (χ0) is 15.4. The average Bonchev–Trinajstić information content (AvgIpc) is 3.08. The Morgan fingerprint density at radius 1 is 1.41 bits per heavy atom. The highest BCUT2D eigenvalue weighted by Gasteiger charge is 2.20. The molecular formula is C15H20N6O. The van der Waals surface area contributed by atoms with Gasteiger partial charge in [-0.2, -0.15) is 5.10 Å². The van der Waals surface area contributed by atoms with E-state index in [1.807, 2.05) is 17.0 Å². The van der Waals surface area contributed by atoms with E-state index in [0.717, 1.165) is 31.5 Å². The number of hydrogen-bond donors (Lipinski definition) is 1. The molecule has 1 aliphatic rings. The number of urea groups is 1. The van der Waals surface area contributed by atoms with Gasteiger partial charge in [0.15, 0.2) is 5.82 Å². The molecule has 0 aliphatic carbocycles. The minimum absolute atomic E-state index is 0.0136. The Kier molecular flexibility index (Phi) is 4.32. The van der Waals surface area contributed by atoms with Crippen LogP contribution in [0.1, 0.15) is 25.3 Å². The van der Waals surface area contributed by atoms with Crippen molar-refractivity contribution >= 4 is 6.03 Å². The lowest BCUT2D eigenvalue weighted by Crippen LogP contribution is -2.43. The largest absolute Gasteiger partial charge is 0.334 e. The third kappa shape index (κ3) is 3.24. The van der Waals surface area contributed by atoms with Crippen molar-refractivity contribution in [1.82, 2.24) is 30.0 Å². The fourth-order valence-corrected chi connectivity index (χ4v) is 2.59. The van der Waals surface area contributed by atoms with Crippen molar-refractivity contribution in [3.63, 3.8) is 0 Å². The number of likely N-dealkylation sites (tertiary alicyclic amines) is 1. The highest BCUT2D eigenvalue weighted by molar-refractivity contribution is 5.74. The molecule has 7 heteroatoms. The van der Waals surface area contributed by atoms with Gasteiger partial charge in [-0.25, -0.2) is 19.4 Å². The smallest absolute Gasteiger partial charge is 0.317 e. The lowest BCUT2D eigenvalue weighted by Gasteiger charge is -2.30. The Morgan fingerprint density at radius 3 is 2.95 bits per heavy atom. The topological polar surface area (TPSA) is 75.9 Å². The molecule has 0 unspecified atom stereocenters. The van der Waals surface area contributed by atoms with Crippen molar-refractivity contribution < 1.29 is 4.79 Å². The lowest BCUT2D eigenvalue weighted by molar-refractivity contribution is 0.173. The highest BCUT2D eigenvalue weighted by Crippen LogP contribution is 2.16. The Bertz CT molecular complexity index is 619. The summed E-state index contributed by atoms with van der Waals surface area (Å²) >= 11 is 0.